The second-order valence-corrected chi connectivity index (χ2v) is 6.95. The molecule has 1 amide bonds. The molecule has 1 aromatic carbocycles. The van der Waals surface area contributed by atoms with E-state index in [9.17, 15) is 9.59 Å². The number of carbonyl (C=O) groups is 1. The molecule has 0 saturated carbocycles. The fourth-order valence-electron chi connectivity index (χ4n) is 3.30. The van der Waals surface area contributed by atoms with Crippen molar-refractivity contribution in [1.82, 2.24) is 24.6 Å². The van der Waals surface area contributed by atoms with Gasteiger partial charge in [0.1, 0.15) is 0 Å². The van der Waals surface area contributed by atoms with Gasteiger partial charge in [-0.05, 0) is 63.3 Å². The number of aryl methyl sites for hydroxylation is 2. The number of rotatable bonds is 2. The Hall–Kier alpha value is -3.26. The topological polar surface area (TPSA) is 87.1 Å². The molecule has 0 bridgehead atoms. The van der Waals surface area contributed by atoms with Gasteiger partial charge in [0.2, 0.25) is 5.91 Å². The first-order valence-electron chi connectivity index (χ1n) is 8.60. The molecule has 8 heteroatoms. The Labute approximate surface area is 156 Å². The second-order valence-electron chi connectivity index (χ2n) is 6.95. The largest absolute Gasteiger partial charge is 0.348 e. The van der Waals surface area contributed by atoms with Gasteiger partial charge < -0.3 is 4.90 Å². The summed E-state index contributed by atoms with van der Waals surface area (Å²) < 4.78 is 1.51. The number of H-pyrrole nitrogens is 1. The minimum Gasteiger partial charge on any atom is -0.301 e. The zero-order chi connectivity index (χ0) is 19.3. The number of hydrogen-bond donors (Lipinski definition) is 1. The van der Waals surface area contributed by atoms with Crippen molar-refractivity contribution in [2.45, 2.75) is 13.8 Å². The highest BCUT2D eigenvalue weighted by Crippen LogP contribution is 2.40. The smallest absolute Gasteiger partial charge is 0.301 e. The van der Waals surface area contributed by atoms with E-state index in [1.54, 1.807) is 17.2 Å². The van der Waals surface area contributed by atoms with E-state index >= 15 is 0 Å². The predicted octanol–water partition coefficient (Wildman–Crippen LogP) is 1.78. The van der Waals surface area contributed by atoms with Crippen LogP contribution in [0.3, 0.4) is 0 Å². The molecule has 27 heavy (non-hydrogen) atoms. The minimum atomic E-state index is -0.355. The Morgan fingerprint density at radius 2 is 1.89 bits per heavy atom. The summed E-state index contributed by atoms with van der Waals surface area (Å²) in [5, 5.41) is 6.72. The molecule has 1 aliphatic rings. The molecule has 0 fully saturated rings. The van der Waals surface area contributed by atoms with Gasteiger partial charge in [-0.2, -0.15) is 5.10 Å². The lowest BCUT2D eigenvalue weighted by molar-refractivity contribution is -0.118. The van der Waals surface area contributed by atoms with Crippen molar-refractivity contribution in [3.8, 4) is 17.1 Å². The van der Waals surface area contributed by atoms with Gasteiger partial charge in [-0.1, -0.05) is 0 Å². The average molecular weight is 364 g/mol. The molecular weight excluding hydrogens is 344 g/mol. The average Bonchev–Trinajstić information content (AvgIpc) is 2.94. The molecule has 1 aliphatic heterocycles. The Morgan fingerprint density at radius 3 is 2.59 bits per heavy atom. The lowest BCUT2D eigenvalue weighted by atomic mass is 10.1. The summed E-state index contributed by atoms with van der Waals surface area (Å²) in [6.45, 7) is 4.16. The number of carbonyl (C=O) groups excluding carboxylic acids is 1. The maximum Gasteiger partial charge on any atom is 0.348 e. The number of hydrogen-bond acceptors (Lipinski definition) is 5. The number of amides is 1. The molecule has 0 radical (unpaired) electrons. The molecule has 0 aliphatic carbocycles. The van der Waals surface area contributed by atoms with Crippen LogP contribution in [0.1, 0.15) is 11.1 Å². The third kappa shape index (κ3) is 2.65. The highest BCUT2D eigenvalue weighted by molar-refractivity contribution is 6.06. The SMILES string of the molecule is Cc1cc2c(cc1C)-n1c(n[nH]c1=O)-c1cccnc1N2C(=O)CN(C)C. The first kappa shape index (κ1) is 17.2. The van der Waals surface area contributed by atoms with Gasteiger partial charge in [0.15, 0.2) is 11.6 Å². The van der Waals surface area contributed by atoms with Crippen molar-refractivity contribution in [2.75, 3.05) is 25.5 Å². The first-order valence-corrected chi connectivity index (χ1v) is 8.60. The van der Waals surface area contributed by atoms with E-state index in [4.69, 9.17) is 0 Å². The summed E-state index contributed by atoms with van der Waals surface area (Å²) in [5.74, 6) is 0.769. The third-order valence-electron chi connectivity index (χ3n) is 4.69. The molecule has 2 aromatic heterocycles. The zero-order valence-corrected chi connectivity index (χ0v) is 15.6. The Kier molecular flexibility index (Phi) is 3.92. The van der Waals surface area contributed by atoms with E-state index in [1.807, 2.05) is 51.0 Å². The number of nitrogens with zero attached hydrogens (tertiary/aromatic N) is 5. The number of aromatic amines is 1. The van der Waals surface area contributed by atoms with Gasteiger partial charge in [0.05, 0.1) is 23.5 Å². The van der Waals surface area contributed by atoms with Crippen LogP contribution in [0.5, 0.6) is 0 Å². The van der Waals surface area contributed by atoms with Crippen molar-refractivity contribution in [2.24, 2.45) is 0 Å². The van der Waals surface area contributed by atoms with Crippen LogP contribution in [0.4, 0.5) is 11.5 Å². The highest BCUT2D eigenvalue weighted by atomic mass is 16.2. The number of nitrogens with one attached hydrogen (secondary N) is 1. The van der Waals surface area contributed by atoms with Gasteiger partial charge >= 0.3 is 5.69 Å². The summed E-state index contributed by atoms with van der Waals surface area (Å²) in [6.07, 6.45) is 1.63. The molecule has 8 nitrogen and oxygen atoms in total. The molecule has 0 atom stereocenters. The van der Waals surface area contributed by atoms with Crippen molar-refractivity contribution in [3.63, 3.8) is 0 Å². The zero-order valence-electron chi connectivity index (χ0n) is 15.6. The summed E-state index contributed by atoms with van der Waals surface area (Å²) >= 11 is 0. The summed E-state index contributed by atoms with van der Waals surface area (Å²) in [6, 6.07) is 7.41. The van der Waals surface area contributed by atoms with Crippen LogP contribution in [0.15, 0.2) is 35.3 Å². The lowest BCUT2D eigenvalue weighted by Crippen LogP contribution is -2.35. The molecule has 0 spiro atoms. The van der Waals surface area contributed by atoms with Crippen LogP contribution in [-0.2, 0) is 4.79 Å². The van der Waals surface area contributed by atoms with E-state index in [2.05, 4.69) is 15.2 Å². The normalized spacial score (nSPS) is 12.4. The van der Waals surface area contributed by atoms with Gasteiger partial charge in [0, 0.05) is 6.20 Å². The van der Waals surface area contributed by atoms with Crippen LogP contribution in [0.2, 0.25) is 0 Å². The van der Waals surface area contributed by atoms with Gasteiger partial charge in [-0.15, -0.1) is 0 Å². The summed E-state index contributed by atoms with van der Waals surface area (Å²) in [5.41, 5.74) is 3.53. The van der Waals surface area contributed by atoms with Crippen molar-refractivity contribution in [3.05, 3.63) is 52.1 Å². The van der Waals surface area contributed by atoms with E-state index < -0.39 is 0 Å². The van der Waals surface area contributed by atoms with Crippen molar-refractivity contribution >= 4 is 17.4 Å². The third-order valence-corrected chi connectivity index (χ3v) is 4.69. The molecule has 4 rings (SSSR count). The van der Waals surface area contributed by atoms with E-state index in [-0.39, 0.29) is 18.1 Å². The van der Waals surface area contributed by atoms with Gasteiger partial charge in [-0.25, -0.2) is 19.4 Å². The van der Waals surface area contributed by atoms with Crippen LogP contribution in [-0.4, -0.2) is 51.2 Å². The fourth-order valence-corrected chi connectivity index (χ4v) is 3.30. The second kappa shape index (κ2) is 6.17. The van der Waals surface area contributed by atoms with E-state index in [0.717, 1.165) is 11.1 Å². The van der Waals surface area contributed by atoms with Crippen LogP contribution < -0.4 is 10.6 Å². The van der Waals surface area contributed by atoms with Crippen molar-refractivity contribution < 1.29 is 4.79 Å². The van der Waals surface area contributed by atoms with Crippen LogP contribution in [0, 0.1) is 13.8 Å². The standard InChI is InChI=1S/C19H20N6O2/c1-11-8-14-15(9-12(11)2)25-18(21-22-19(25)27)13-6-5-7-20-17(13)24(14)16(26)10-23(3)4/h5-9H,10H2,1-4H3,(H,22,27). The number of anilines is 2. The van der Waals surface area contributed by atoms with Gasteiger partial charge in [0.25, 0.3) is 0 Å². The minimum absolute atomic E-state index is 0.133. The molecule has 0 saturated heterocycles. The Bertz CT molecular complexity index is 1110. The number of aromatic nitrogens is 4. The van der Waals surface area contributed by atoms with Gasteiger partial charge in [-0.3, -0.25) is 9.69 Å². The quantitative estimate of drug-likeness (QED) is 0.749. The first-order chi connectivity index (χ1) is 12.9. The summed E-state index contributed by atoms with van der Waals surface area (Å²) in [7, 11) is 3.68. The maximum atomic E-state index is 13.2. The van der Waals surface area contributed by atoms with E-state index in [1.165, 1.54) is 4.57 Å². The molecule has 0 unspecified atom stereocenters. The Balaban J connectivity index is 2.11. The predicted molar refractivity (Wildman–Crippen MR) is 103 cm³/mol. The highest BCUT2D eigenvalue weighted by Gasteiger charge is 2.32. The number of fused-ring (bicyclic) bond motifs is 5. The molecule has 138 valence electrons. The fraction of sp³-hybridized carbons (Fsp3) is 0.263. The lowest BCUT2D eigenvalue weighted by Gasteiger charge is -2.25. The molecule has 3 aromatic rings. The summed E-state index contributed by atoms with van der Waals surface area (Å²) in [4.78, 5) is 33.6. The molecule has 3 heterocycles. The van der Waals surface area contributed by atoms with E-state index in [0.29, 0.717) is 28.6 Å². The number of likely N-dealkylation sites (N-methyl/N-ethyl adjacent to an activating group) is 1. The number of benzene rings is 1. The maximum absolute atomic E-state index is 13.2. The van der Waals surface area contributed by atoms with Crippen LogP contribution in [0.25, 0.3) is 17.1 Å². The Morgan fingerprint density at radius 1 is 1.19 bits per heavy atom. The van der Waals surface area contributed by atoms with Crippen LogP contribution >= 0.6 is 0 Å². The molecule has 1 N–H and O–H groups in total. The van der Waals surface area contributed by atoms with Crippen molar-refractivity contribution in [1.29, 1.82) is 0 Å². The molecular formula is C19H20N6O2. The number of pyridine rings is 1. The monoisotopic (exact) mass is 364 g/mol.